The molecule has 0 aromatic heterocycles. The van der Waals surface area contributed by atoms with E-state index < -0.39 is 23.6 Å². The fourth-order valence-corrected chi connectivity index (χ4v) is 1.73. The zero-order valence-electron chi connectivity index (χ0n) is 12.5. The van der Waals surface area contributed by atoms with Gasteiger partial charge in [0.25, 0.3) is 5.69 Å². The van der Waals surface area contributed by atoms with Gasteiger partial charge in [0.15, 0.2) is 0 Å². The molecule has 2 rings (SSSR count). The first kappa shape index (κ1) is 17.4. The largest absolute Gasteiger partial charge is 0.491 e. The third-order valence-electron chi connectivity index (χ3n) is 3.00. The Morgan fingerprint density at radius 3 is 2.21 bits per heavy atom. The van der Waals surface area contributed by atoms with Gasteiger partial charge in [-0.1, -0.05) is 0 Å². The van der Waals surface area contributed by atoms with Crippen LogP contribution in [0.5, 0.6) is 11.5 Å². The minimum absolute atomic E-state index is 0.0664. The predicted molar refractivity (Wildman–Crippen MR) is 83.1 cm³/mol. The second-order valence-electron chi connectivity index (χ2n) is 4.81. The molecule has 126 valence electrons. The van der Waals surface area contributed by atoms with E-state index in [4.69, 9.17) is 14.6 Å². The first-order valence-electron chi connectivity index (χ1n) is 6.98. The summed E-state index contributed by atoms with van der Waals surface area (Å²) in [7, 11) is 0. The zero-order chi connectivity index (χ0) is 17.5. The Balaban J connectivity index is 1.95. The molecule has 0 bridgehead atoms. The topological polar surface area (TPSA) is 119 Å². The van der Waals surface area contributed by atoms with Crippen molar-refractivity contribution in [3.63, 3.8) is 0 Å². The number of aliphatic hydroxyl groups excluding tert-OH is 2. The van der Waals surface area contributed by atoms with E-state index in [2.05, 4.69) is 0 Å². The van der Waals surface area contributed by atoms with E-state index in [1.807, 2.05) is 0 Å². The van der Waals surface area contributed by atoms with E-state index in [0.29, 0.717) is 5.75 Å². The molecular formula is C16H15NO7. The first-order chi connectivity index (χ1) is 11.5. The Bertz CT molecular complexity index is 697. The molecule has 0 saturated heterocycles. The summed E-state index contributed by atoms with van der Waals surface area (Å²) >= 11 is 0. The van der Waals surface area contributed by atoms with Crippen LogP contribution in [0.1, 0.15) is 10.4 Å². The van der Waals surface area contributed by atoms with Crippen molar-refractivity contribution in [2.24, 2.45) is 0 Å². The molecule has 2 N–H and O–H groups in total. The zero-order valence-corrected chi connectivity index (χ0v) is 12.5. The van der Waals surface area contributed by atoms with E-state index in [-0.39, 0.29) is 23.6 Å². The van der Waals surface area contributed by atoms with Crippen LogP contribution < -0.4 is 9.47 Å². The van der Waals surface area contributed by atoms with Crippen molar-refractivity contribution >= 4 is 11.7 Å². The molecule has 8 heteroatoms. The van der Waals surface area contributed by atoms with Gasteiger partial charge in [0.1, 0.15) is 24.2 Å². The molecule has 0 spiro atoms. The van der Waals surface area contributed by atoms with Crippen molar-refractivity contribution in [3.05, 3.63) is 64.2 Å². The number of rotatable bonds is 7. The molecule has 0 amide bonds. The molecule has 2 aromatic rings. The third kappa shape index (κ3) is 4.77. The number of esters is 1. The summed E-state index contributed by atoms with van der Waals surface area (Å²) in [5.41, 5.74) is 0.171. The van der Waals surface area contributed by atoms with E-state index in [1.54, 1.807) is 0 Å². The molecule has 2 aromatic carbocycles. The van der Waals surface area contributed by atoms with Crippen LogP contribution in [0.15, 0.2) is 48.5 Å². The number of nitro benzene ring substituents is 1. The highest BCUT2D eigenvalue weighted by atomic mass is 16.6. The smallest absolute Gasteiger partial charge is 0.343 e. The van der Waals surface area contributed by atoms with Crippen molar-refractivity contribution in [1.82, 2.24) is 0 Å². The van der Waals surface area contributed by atoms with E-state index in [9.17, 15) is 20.0 Å². The van der Waals surface area contributed by atoms with Crippen LogP contribution in [0.3, 0.4) is 0 Å². The number of ether oxygens (including phenoxy) is 2. The van der Waals surface area contributed by atoms with Crippen LogP contribution in [-0.2, 0) is 0 Å². The molecule has 0 aliphatic heterocycles. The Labute approximate surface area is 137 Å². The lowest BCUT2D eigenvalue weighted by atomic mass is 10.2. The molecule has 1 unspecified atom stereocenters. The Morgan fingerprint density at radius 1 is 1.08 bits per heavy atom. The summed E-state index contributed by atoms with van der Waals surface area (Å²) in [6.45, 7) is -0.470. The van der Waals surface area contributed by atoms with Crippen LogP contribution in [0, 0.1) is 10.1 Å². The Kier molecular flexibility index (Phi) is 5.83. The SMILES string of the molecule is O=C(Oc1ccc([N+](=O)[O-])cc1)c1ccc(OCC(O)CO)cc1. The minimum Gasteiger partial charge on any atom is -0.491 e. The molecule has 0 heterocycles. The monoisotopic (exact) mass is 333 g/mol. The molecule has 0 aliphatic rings. The van der Waals surface area contributed by atoms with Crippen LogP contribution >= 0.6 is 0 Å². The van der Waals surface area contributed by atoms with Crippen molar-refractivity contribution in [1.29, 1.82) is 0 Å². The summed E-state index contributed by atoms with van der Waals surface area (Å²) in [6.07, 6.45) is -0.975. The fraction of sp³-hybridized carbons (Fsp3) is 0.188. The van der Waals surface area contributed by atoms with E-state index >= 15 is 0 Å². The predicted octanol–water partition coefficient (Wildman–Crippen LogP) is 1.55. The summed E-state index contributed by atoms with van der Waals surface area (Å²) in [5, 5.41) is 28.4. The lowest BCUT2D eigenvalue weighted by Gasteiger charge is -2.10. The molecule has 0 aliphatic carbocycles. The van der Waals surface area contributed by atoms with Gasteiger partial charge in [-0.3, -0.25) is 10.1 Å². The van der Waals surface area contributed by atoms with E-state index in [0.717, 1.165) is 0 Å². The first-order valence-corrected chi connectivity index (χ1v) is 6.98. The van der Waals surface area contributed by atoms with E-state index in [1.165, 1.54) is 48.5 Å². The maximum atomic E-state index is 12.0. The van der Waals surface area contributed by atoms with Gasteiger partial charge in [-0.15, -0.1) is 0 Å². The number of hydrogen-bond acceptors (Lipinski definition) is 7. The molecule has 24 heavy (non-hydrogen) atoms. The maximum absolute atomic E-state index is 12.0. The van der Waals surface area contributed by atoms with Crippen LogP contribution in [-0.4, -0.2) is 40.4 Å². The highest BCUT2D eigenvalue weighted by molar-refractivity contribution is 5.91. The Morgan fingerprint density at radius 2 is 1.67 bits per heavy atom. The molecule has 0 radical (unpaired) electrons. The number of hydrogen-bond donors (Lipinski definition) is 2. The second kappa shape index (κ2) is 8.04. The van der Waals surface area contributed by atoms with Crippen LogP contribution in [0.4, 0.5) is 5.69 Å². The number of benzene rings is 2. The van der Waals surface area contributed by atoms with Gasteiger partial charge < -0.3 is 19.7 Å². The van der Waals surface area contributed by atoms with Gasteiger partial charge >= 0.3 is 5.97 Å². The van der Waals surface area contributed by atoms with Crippen LogP contribution in [0.25, 0.3) is 0 Å². The summed E-state index contributed by atoms with van der Waals surface area (Å²) in [5.74, 6) is -0.00261. The number of aliphatic hydroxyl groups is 2. The average Bonchev–Trinajstić information content (AvgIpc) is 2.60. The maximum Gasteiger partial charge on any atom is 0.343 e. The molecule has 8 nitrogen and oxygen atoms in total. The van der Waals surface area contributed by atoms with Crippen LogP contribution in [0.2, 0.25) is 0 Å². The van der Waals surface area contributed by atoms with Crippen molar-refractivity contribution < 1.29 is 29.4 Å². The second-order valence-corrected chi connectivity index (χ2v) is 4.81. The van der Waals surface area contributed by atoms with Crippen molar-refractivity contribution in [3.8, 4) is 11.5 Å². The number of nitrogens with zero attached hydrogens (tertiary/aromatic N) is 1. The lowest BCUT2D eigenvalue weighted by molar-refractivity contribution is -0.384. The third-order valence-corrected chi connectivity index (χ3v) is 3.00. The number of nitro groups is 1. The highest BCUT2D eigenvalue weighted by Gasteiger charge is 2.11. The molecule has 0 fully saturated rings. The normalized spacial score (nSPS) is 11.6. The standard InChI is InChI=1S/C16H15NO7/c18-9-13(19)10-23-14-5-1-11(2-6-14)16(20)24-15-7-3-12(4-8-15)17(21)22/h1-8,13,18-19H,9-10H2. The number of carbonyl (C=O) groups is 1. The van der Waals surface area contributed by atoms with Crippen molar-refractivity contribution in [2.75, 3.05) is 13.2 Å². The summed E-state index contributed by atoms with van der Waals surface area (Å²) in [4.78, 5) is 22.0. The fourth-order valence-electron chi connectivity index (χ4n) is 1.73. The number of carbonyl (C=O) groups excluding carboxylic acids is 1. The summed E-state index contributed by atoms with van der Waals surface area (Å²) < 4.78 is 10.3. The molecular weight excluding hydrogens is 318 g/mol. The minimum atomic E-state index is -0.975. The van der Waals surface area contributed by atoms with Gasteiger partial charge in [-0.2, -0.15) is 0 Å². The highest BCUT2D eigenvalue weighted by Crippen LogP contribution is 2.19. The lowest BCUT2D eigenvalue weighted by Crippen LogP contribution is -2.21. The number of non-ortho nitro benzene ring substituents is 1. The van der Waals surface area contributed by atoms with Gasteiger partial charge in [-0.25, -0.2) is 4.79 Å². The average molecular weight is 333 g/mol. The molecule has 1 atom stereocenters. The van der Waals surface area contributed by atoms with Crippen molar-refractivity contribution in [2.45, 2.75) is 6.10 Å². The molecule has 0 saturated carbocycles. The van der Waals surface area contributed by atoms with Gasteiger partial charge in [0.05, 0.1) is 17.1 Å². The van der Waals surface area contributed by atoms with Gasteiger partial charge in [0, 0.05) is 12.1 Å². The summed E-state index contributed by atoms with van der Waals surface area (Å²) in [6, 6.07) is 11.2. The van der Waals surface area contributed by atoms with Gasteiger partial charge in [-0.05, 0) is 36.4 Å². The quantitative estimate of drug-likeness (QED) is 0.341. The van der Waals surface area contributed by atoms with Gasteiger partial charge in [0.2, 0.25) is 0 Å². The Hall–Kier alpha value is -2.97.